The second kappa shape index (κ2) is 7.34. The molecule has 2 heterocycles. The van der Waals surface area contributed by atoms with Crippen LogP contribution in [-0.4, -0.2) is 26.8 Å². The smallest absolute Gasteiger partial charge is 0.335 e. The summed E-state index contributed by atoms with van der Waals surface area (Å²) in [5, 5.41) is 9.19. The van der Waals surface area contributed by atoms with Gasteiger partial charge in [0.05, 0.1) is 16.8 Å². The highest BCUT2D eigenvalue weighted by Gasteiger charge is 2.19. The fourth-order valence-corrected chi connectivity index (χ4v) is 2.97. The van der Waals surface area contributed by atoms with Gasteiger partial charge in [-0.15, -0.1) is 0 Å². The van der Waals surface area contributed by atoms with Crippen LogP contribution >= 0.6 is 0 Å². The first-order valence-corrected chi connectivity index (χ1v) is 9.03. The summed E-state index contributed by atoms with van der Waals surface area (Å²) in [6.45, 7) is 5.63. The van der Waals surface area contributed by atoms with Crippen LogP contribution < -0.4 is 5.73 Å². The van der Waals surface area contributed by atoms with E-state index in [4.69, 9.17) is 5.73 Å². The molecule has 0 saturated carbocycles. The number of aryl methyl sites for hydroxylation is 1. The second-order valence-electron chi connectivity index (χ2n) is 7.27. The molecule has 3 aromatic rings. The molecule has 0 aliphatic carbocycles. The lowest BCUT2D eigenvalue weighted by Gasteiger charge is -2.08. The third-order valence-electron chi connectivity index (χ3n) is 4.37. The molecule has 0 atom stereocenters. The van der Waals surface area contributed by atoms with E-state index in [-0.39, 0.29) is 11.3 Å². The fraction of sp³-hybridized carbons (Fsp3) is 0.217. The lowest BCUT2D eigenvalue weighted by atomic mass is 10.0. The minimum Gasteiger partial charge on any atom is -0.478 e. The number of carboxylic acid groups (broad SMARTS) is 1. The first kappa shape index (κ1) is 19.4. The van der Waals surface area contributed by atoms with Crippen LogP contribution in [0.15, 0.2) is 48.7 Å². The van der Waals surface area contributed by atoms with Crippen LogP contribution in [0.25, 0.3) is 5.52 Å². The third-order valence-corrected chi connectivity index (χ3v) is 4.37. The van der Waals surface area contributed by atoms with E-state index in [9.17, 15) is 14.7 Å². The summed E-state index contributed by atoms with van der Waals surface area (Å²) in [7, 11) is 0. The van der Waals surface area contributed by atoms with E-state index < -0.39 is 11.5 Å². The first-order valence-electron chi connectivity index (χ1n) is 9.03. The molecule has 0 aliphatic heterocycles. The Labute approximate surface area is 163 Å². The van der Waals surface area contributed by atoms with Gasteiger partial charge in [0.25, 0.3) is 0 Å². The van der Waals surface area contributed by atoms with Gasteiger partial charge in [-0.2, -0.15) is 0 Å². The van der Waals surface area contributed by atoms with Gasteiger partial charge in [-0.1, -0.05) is 18.8 Å². The maximum atomic E-state index is 13.2. The molecule has 5 heteroatoms. The van der Waals surface area contributed by atoms with Crippen molar-refractivity contribution in [1.82, 2.24) is 4.40 Å². The number of carbonyl (C=O) groups is 2. The number of carboxylic acids is 1. The lowest BCUT2D eigenvalue weighted by molar-refractivity contribution is 0.0696. The maximum absolute atomic E-state index is 13.2. The van der Waals surface area contributed by atoms with Gasteiger partial charge in [-0.3, -0.25) is 4.79 Å². The van der Waals surface area contributed by atoms with E-state index in [1.54, 1.807) is 40.9 Å². The predicted octanol–water partition coefficient (Wildman–Crippen LogP) is 3.52. The van der Waals surface area contributed by atoms with Gasteiger partial charge < -0.3 is 15.2 Å². The summed E-state index contributed by atoms with van der Waals surface area (Å²) in [6.07, 6.45) is 2.30. The monoisotopic (exact) mass is 374 g/mol. The number of carbonyl (C=O) groups excluding carboxylic acids is 1. The molecule has 1 aromatic carbocycles. The number of aromatic carboxylic acids is 1. The van der Waals surface area contributed by atoms with Crippen molar-refractivity contribution in [3.05, 3.63) is 76.6 Å². The van der Waals surface area contributed by atoms with Crippen LogP contribution in [0.2, 0.25) is 0 Å². The van der Waals surface area contributed by atoms with Crippen molar-refractivity contribution in [3.8, 4) is 11.8 Å². The maximum Gasteiger partial charge on any atom is 0.335 e. The molecule has 5 nitrogen and oxygen atoms in total. The summed E-state index contributed by atoms with van der Waals surface area (Å²) in [4.78, 5) is 24.4. The highest BCUT2D eigenvalue weighted by Crippen LogP contribution is 2.22. The van der Waals surface area contributed by atoms with Crippen molar-refractivity contribution >= 4 is 17.3 Å². The zero-order valence-corrected chi connectivity index (χ0v) is 16.1. The molecule has 0 radical (unpaired) electrons. The zero-order chi connectivity index (χ0) is 20.5. The summed E-state index contributed by atoms with van der Waals surface area (Å²) in [5.41, 5.74) is 8.94. The van der Waals surface area contributed by atoms with Crippen LogP contribution in [0.5, 0.6) is 0 Å². The Morgan fingerprint density at radius 3 is 2.36 bits per heavy atom. The molecule has 0 saturated heterocycles. The molecule has 3 N–H and O–H groups in total. The van der Waals surface area contributed by atoms with Gasteiger partial charge >= 0.3 is 5.97 Å². The Hall–Kier alpha value is -3.36. The van der Waals surface area contributed by atoms with E-state index in [0.717, 1.165) is 11.1 Å². The number of ketones is 1. The summed E-state index contributed by atoms with van der Waals surface area (Å²) in [6, 6.07) is 12.0. The Morgan fingerprint density at radius 1 is 1.11 bits per heavy atom. The average molecular weight is 374 g/mol. The van der Waals surface area contributed by atoms with Gasteiger partial charge in [0.1, 0.15) is 0 Å². The Bertz CT molecular complexity index is 1120. The number of nitrogens with two attached hydrogens (primary N) is 1. The molecule has 28 heavy (non-hydrogen) atoms. The molecule has 2 aromatic heterocycles. The molecule has 0 aliphatic rings. The van der Waals surface area contributed by atoms with E-state index in [1.165, 1.54) is 6.07 Å². The molecule has 3 rings (SSSR count). The van der Waals surface area contributed by atoms with Crippen molar-refractivity contribution in [2.45, 2.75) is 32.7 Å². The van der Waals surface area contributed by atoms with Crippen molar-refractivity contribution in [2.24, 2.45) is 5.73 Å². The Kier molecular flexibility index (Phi) is 5.08. The Balaban J connectivity index is 2.01. The number of fused-ring (bicyclic) bond motifs is 1. The molecule has 0 unspecified atom stereocenters. The SMILES string of the molecule is CCc1cc2cc(C(=O)O)ccn2c1C(=O)c1ccc(C#CC(C)(C)N)cc1. The van der Waals surface area contributed by atoms with E-state index >= 15 is 0 Å². The number of hydrogen-bond donors (Lipinski definition) is 2. The Morgan fingerprint density at radius 2 is 1.79 bits per heavy atom. The lowest BCUT2D eigenvalue weighted by Crippen LogP contribution is -2.29. The van der Waals surface area contributed by atoms with Gasteiger partial charge in [0.2, 0.25) is 5.78 Å². The summed E-state index contributed by atoms with van der Waals surface area (Å²) < 4.78 is 1.75. The molecule has 0 amide bonds. The molecule has 142 valence electrons. The summed E-state index contributed by atoms with van der Waals surface area (Å²) >= 11 is 0. The quantitative estimate of drug-likeness (QED) is 0.540. The predicted molar refractivity (Wildman–Crippen MR) is 109 cm³/mol. The minimum absolute atomic E-state index is 0.112. The standard InChI is InChI=1S/C23H22N2O3/c1-4-16-13-19-14-18(22(27)28)10-12-25(19)20(16)21(26)17-7-5-15(6-8-17)9-11-23(2,3)24/h5-8,10,12-14H,4,24H2,1-3H3,(H,27,28). The fourth-order valence-electron chi connectivity index (χ4n) is 2.97. The highest BCUT2D eigenvalue weighted by atomic mass is 16.4. The topological polar surface area (TPSA) is 84.8 Å². The number of rotatable bonds is 4. The molecular formula is C23H22N2O3. The van der Waals surface area contributed by atoms with Crippen LogP contribution in [-0.2, 0) is 6.42 Å². The molecular weight excluding hydrogens is 352 g/mol. The van der Waals surface area contributed by atoms with E-state index in [2.05, 4.69) is 11.8 Å². The van der Waals surface area contributed by atoms with Crippen LogP contribution in [0.3, 0.4) is 0 Å². The van der Waals surface area contributed by atoms with Gasteiger partial charge in [0.15, 0.2) is 0 Å². The normalized spacial score (nSPS) is 11.1. The van der Waals surface area contributed by atoms with Crippen molar-refractivity contribution in [3.63, 3.8) is 0 Å². The minimum atomic E-state index is -0.994. The summed E-state index contributed by atoms with van der Waals surface area (Å²) in [5.74, 6) is 4.86. The zero-order valence-electron chi connectivity index (χ0n) is 16.1. The first-order chi connectivity index (χ1) is 13.2. The number of pyridine rings is 1. The highest BCUT2D eigenvalue weighted by molar-refractivity contribution is 6.09. The van der Waals surface area contributed by atoms with Crippen molar-refractivity contribution in [1.29, 1.82) is 0 Å². The molecule has 0 bridgehead atoms. The van der Waals surface area contributed by atoms with E-state index in [1.807, 2.05) is 26.8 Å². The van der Waals surface area contributed by atoms with Crippen molar-refractivity contribution < 1.29 is 14.7 Å². The third kappa shape index (κ3) is 3.98. The van der Waals surface area contributed by atoms with Crippen LogP contribution in [0.4, 0.5) is 0 Å². The number of nitrogens with zero attached hydrogens (tertiary/aromatic N) is 1. The molecule has 0 spiro atoms. The van der Waals surface area contributed by atoms with E-state index in [0.29, 0.717) is 23.2 Å². The largest absolute Gasteiger partial charge is 0.478 e. The van der Waals surface area contributed by atoms with Gasteiger partial charge in [-0.05, 0) is 68.3 Å². The number of aromatic nitrogens is 1. The van der Waals surface area contributed by atoms with Crippen LogP contribution in [0, 0.1) is 11.8 Å². The van der Waals surface area contributed by atoms with Crippen LogP contribution in [0.1, 0.15) is 58.3 Å². The van der Waals surface area contributed by atoms with Crippen molar-refractivity contribution in [2.75, 3.05) is 0 Å². The van der Waals surface area contributed by atoms with Gasteiger partial charge in [0, 0.05) is 22.8 Å². The average Bonchev–Trinajstić information content (AvgIpc) is 3.03. The molecule has 0 fully saturated rings. The number of hydrogen-bond acceptors (Lipinski definition) is 3. The number of benzene rings is 1. The van der Waals surface area contributed by atoms with Gasteiger partial charge in [-0.25, -0.2) is 4.79 Å². The second-order valence-corrected chi connectivity index (χ2v) is 7.27.